The van der Waals surface area contributed by atoms with Crippen LogP contribution in [-0.4, -0.2) is 0 Å². The number of benzene rings is 6. The minimum Gasteiger partial charge on any atom is -0.311 e. The molecule has 1 spiro atoms. The van der Waals surface area contributed by atoms with Crippen LogP contribution < -0.4 is 4.90 Å². The Bertz CT molecular complexity index is 2870. The number of hydrogen-bond acceptors (Lipinski definition) is 1. The average molecular weight is 704 g/mol. The maximum absolute atomic E-state index is 2.73. The van der Waals surface area contributed by atoms with Gasteiger partial charge >= 0.3 is 0 Å². The molecule has 0 fully saturated rings. The highest BCUT2D eigenvalue weighted by Gasteiger charge is 2.53. The normalized spacial score (nSPS) is 18.3. The van der Waals surface area contributed by atoms with Gasteiger partial charge < -0.3 is 4.90 Å². The van der Waals surface area contributed by atoms with Crippen LogP contribution in [0.5, 0.6) is 0 Å². The molecule has 0 bridgehead atoms. The van der Waals surface area contributed by atoms with E-state index in [2.05, 4.69) is 196 Å². The quantitative estimate of drug-likeness (QED) is 0.176. The lowest BCUT2D eigenvalue weighted by Crippen LogP contribution is -2.39. The minimum atomic E-state index is -0.584. The van der Waals surface area contributed by atoms with Crippen LogP contribution in [0.25, 0.3) is 45.6 Å². The van der Waals surface area contributed by atoms with Gasteiger partial charge in [-0.3, -0.25) is 0 Å². The number of anilines is 2. The molecular weight excluding hydrogens is 663 g/mol. The number of nitrogens with zero attached hydrogens (tertiary/aromatic N) is 1. The van der Waals surface area contributed by atoms with E-state index in [-0.39, 0.29) is 0 Å². The average Bonchev–Trinajstić information content (AvgIpc) is 3.92. The van der Waals surface area contributed by atoms with Crippen molar-refractivity contribution < 1.29 is 0 Å². The second-order valence-corrected chi connectivity index (χ2v) is 15.8. The second kappa shape index (κ2) is 11.8. The maximum atomic E-state index is 2.73. The highest BCUT2D eigenvalue weighted by atomic mass is 15.2. The molecule has 1 atom stereocenters. The molecule has 11 rings (SSSR count). The summed E-state index contributed by atoms with van der Waals surface area (Å²) in [4.78, 5) is 2.73. The molecule has 0 aromatic heterocycles. The van der Waals surface area contributed by atoms with Crippen molar-refractivity contribution in [2.24, 2.45) is 5.41 Å². The Hall–Kier alpha value is -6.44. The highest BCUT2D eigenvalue weighted by Crippen LogP contribution is 2.66. The first-order valence-corrected chi connectivity index (χ1v) is 19.6. The molecule has 0 saturated carbocycles. The van der Waals surface area contributed by atoms with Gasteiger partial charge in [0.2, 0.25) is 0 Å². The van der Waals surface area contributed by atoms with Crippen molar-refractivity contribution in [3.05, 3.63) is 224 Å². The molecule has 5 aliphatic carbocycles. The predicted molar refractivity (Wildman–Crippen MR) is 232 cm³/mol. The Kier molecular flexibility index (Phi) is 6.86. The molecule has 0 heterocycles. The van der Waals surface area contributed by atoms with Crippen molar-refractivity contribution in [2.45, 2.75) is 34.1 Å². The standard InChI is InChI=1S/C54H41N/c1-33-29-46-42-23-12-8-19-38(42)30-47(46)52(34(33)2)55(50-27-15-14-24-43(50)37-17-6-5-7-18-37)53-36(4)35(3)51-44-25-13-10-21-40(44)32-49(51)54(53)28-16-26-45-41-22-11-9-20-39(41)31-48(45)54/h5-29,31-32H,30H2,1-4H3. The van der Waals surface area contributed by atoms with Crippen LogP contribution in [0.3, 0.4) is 0 Å². The van der Waals surface area contributed by atoms with E-state index in [0.29, 0.717) is 0 Å². The van der Waals surface area contributed by atoms with Crippen LogP contribution in [0.1, 0.15) is 58.4 Å². The summed E-state index contributed by atoms with van der Waals surface area (Å²) in [5, 5.41) is 0. The monoisotopic (exact) mass is 703 g/mol. The number of para-hydroxylation sites is 1. The SMILES string of the molecule is CC1=C2C(=Cc3ccccc32)C2(C=CC=C3C2=Cc2ccccc23)C(N(c2ccccc2-c2ccccc2)c2c(C)c(C)cc3c2Cc2ccccc2-3)=C1C. The summed E-state index contributed by atoms with van der Waals surface area (Å²) < 4.78 is 0. The number of rotatable bonds is 4. The van der Waals surface area contributed by atoms with E-state index < -0.39 is 5.41 Å². The fourth-order valence-electron chi connectivity index (χ4n) is 10.3. The van der Waals surface area contributed by atoms with E-state index >= 15 is 0 Å². The summed E-state index contributed by atoms with van der Waals surface area (Å²) in [6.07, 6.45) is 13.1. The summed E-state index contributed by atoms with van der Waals surface area (Å²) in [6, 6.07) is 49.5. The lowest BCUT2D eigenvalue weighted by molar-refractivity contribution is 0.662. The van der Waals surface area contributed by atoms with Gasteiger partial charge in [-0.05, 0) is 141 Å². The largest absolute Gasteiger partial charge is 0.311 e. The molecule has 0 amide bonds. The first kappa shape index (κ1) is 32.0. The number of hydrogen-bond donors (Lipinski definition) is 0. The Morgan fingerprint density at radius 1 is 0.564 bits per heavy atom. The molecule has 0 saturated heterocycles. The lowest BCUT2D eigenvalue weighted by Gasteiger charge is -2.49. The molecule has 1 unspecified atom stereocenters. The van der Waals surface area contributed by atoms with Crippen molar-refractivity contribution in [3.63, 3.8) is 0 Å². The van der Waals surface area contributed by atoms with Crippen LogP contribution in [0, 0.1) is 19.3 Å². The predicted octanol–water partition coefficient (Wildman–Crippen LogP) is 13.9. The summed E-state index contributed by atoms with van der Waals surface area (Å²) in [7, 11) is 0. The molecule has 262 valence electrons. The van der Waals surface area contributed by atoms with Gasteiger partial charge in [-0.25, -0.2) is 0 Å². The third kappa shape index (κ3) is 4.36. The van der Waals surface area contributed by atoms with Gasteiger partial charge in [0, 0.05) is 17.7 Å². The van der Waals surface area contributed by atoms with E-state index in [1.165, 1.54) is 117 Å². The molecular formula is C54H41N. The third-order valence-corrected chi connectivity index (χ3v) is 13.0. The highest BCUT2D eigenvalue weighted by molar-refractivity contribution is 6.08. The van der Waals surface area contributed by atoms with Gasteiger partial charge in [-0.15, -0.1) is 0 Å². The number of allylic oxidation sites excluding steroid dienone is 7. The van der Waals surface area contributed by atoms with Crippen LogP contribution >= 0.6 is 0 Å². The van der Waals surface area contributed by atoms with Crippen LogP contribution in [0.2, 0.25) is 0 Å². The molecule has 0 N–H and O–H groups in total. The van der Waals surface area contributed by atoms with E-state index in [1.807, 2.05) is 0 Å². The van der Waals surface area contributed by atoms with E-state index in [1.54, 1.807) is 0 Å². The molecule has 1 heteroatoms. The first-order valence-electron chi connectivity index (χ1n) is 19.6. The lowest BCUT2D eigenvalue weighted by atomic mass is 9.60. The van der Waals surface area contributed by atoms with Gasteiger partial charge in [0.1, 0.15) is 0 Å². The zero-order chi connectivity index (χ0) is 37.0. The van der Waals surface area contributed by atoms with E-state index in [9.17, 15) is 0 Å². The van der Waals surface area contributed by atoms with Crippen LogP contribution in [-0.2, 0) is 6.42 Å². The van der Waals surface area contributed by atoms with Crippen molar-refractivity contribution in [1.29, 1.82) is 0 Å². The zero-order valence-electron chi connectivity index (χ0n) is 31.7. The van der Waals surface area contributed by atoms with E-state index in [0.717, 1.165) is 6.42 Å². The Balaban J connectivity index is 1.30. The van der Waals surface area contributed by atoms with Crippen molar-refractivity contribution in [3.8, 4) is 22.3 Å². The molecule has 0 aliphatic heterocycles. The van der Waals surface area contributed by atoms with Gasteiger partial charge in [0.05, 0.1) is 16.8 Å². The topological polar surface area (TPSA) is 3.24 Å². The molecule has 6 aromatic rings. The molecule has 6 aromatic carbocycles. The maximum Gasteiger partial charge on any atom is 0.0806 e. The van der Waals surface area contributed by atoms with Gasteiger partial charge in [-0.2, -0.15) is 0 Å². The zero-order valence-corrected chi connectivity index (χ0v) is 31.7. The van der Waals surface area contributed by atoms with E-state index in [4.69, 9.17) is 0 Å². The first-order chi connectivity index (χ1) is 27.0. The Morgan fingerprint density at radius 2 is 1.20 bits per heavy atom. The van der Waals surface area contributed by atoms with Gasteiger partial charge in [0.15, 0.2) is 0 Å². The summed E-state index contributed by atoms with van der Waals surface area (Å²) in [5.41, 5.74) is 27.1. The Morgan fingerprint density at radius 3 is 2.00 bits per heavy atom. The minimum absolute atomic E-state index is 0.584. The van der Waals surface area contributed by atoms with Crippen LogP contribution in [0.4, 0.5) is 11.4 Å². The number of aryl methyl sites for hydroxylation is 1. The summed E-state index contributed by atoms with van der Waals surface area (Å²) >= 11 is 0. The molecule has 5 aliphatic rings. The smallest absolute Gasteiger partial charge is 0.0806 e. The van der Waals surface area contributed by atoms with Crippen molar-refractivity contribution in [1.82, 2.24) is 0 Å². The van der Waals surface area contributed by atoms with Gasteiger partial charge in [-0.1, -0.05) is 146 Å². The molecule has 0 radical (unpaired) electrons. The number of fused-ring (bicyclic) bond motifs is 11. The third-order valence-electron chi connectivity index (χ3n) is 13.0. The van der Waals surface area contributed by atoms with Crippen molar-refractivity contribution >= 4 is 34.7 Å². The van der Waals surface area contributed by atoms with Crippen molar-refractivity contribution in [2.75, 3.05) is 4.90 Å². The fraction of sp³-hybridized carbons (Fsp3) is 0.111. The van der Waals surface area contributed by atoms with Gasteiger partial charge in [0.25, 0.3) is 0 Å². The second-order valence-electron chi connectivity index (χ2n) is 15.8. The molecule has 55 heavy (non-hydrogen) atoms. The Labute approximate surface area is 324 Å². The fourth-order valence-corrected chi connectivity index (χ4v) is 10.3. The summed E-state index contributed by atoms with van der Waals surface area (Å²) in [6.45, 7) is 9.40. The molecule has 1 nitrogen and oxygen atoms in total. The summed E-state index contributed by atoms with van der Waals surface area (Å²) in [5.74, 6) is 0. The van der Waals surface area contributed by atoms with Crippen LogP contribution in [0.15, 0.2) is 180 Å².